The summed E-state index contributed by atoms with van der Waals surface area (Å²) in [7, 11) is 1.55. The van der Waals surface area contributed by atoms with Gasteiger partial charge in [0, 0.05) is 11.1 Å². The molecule has 1 aliphatic rings. The van der Waals surface area contributed by atoms with E-state index in [1.807, 2.05) is 12.2 Å². The molecule has 1 aliphatic carbocycles. The van der Waals surface area contributed by atoms with Crippen molar-refractivity contribution >= 4 is 23.1 Å². The first kappa shape index (κ1) is 16.9. The van der Waals surface area contributed by atoms with Crippen molar-refractivity contribution in [2.24, 2.45) is 5.90 Å². The first-order valence-electron chi connectivity index (χ1n) is 7.28. The third kappa shape index (κ3) is 3.62. The average molecular weight is 360 g/mol. The number of methoxy groups -OCH3 is 1. The van der Waals surface area contributed by atoms with E-state index in [1.165, 1.54) is 0 Å². The standard InChI is InChI=1S/C17H14ClN3O4/c1-23-14-9-7-11(6-8-13(14)18)16-21-20-15(24-16)10-2-4-12(5-3-10)17(22)25-19/h2-5,7-9H,6,19H2,1H3. The van der Waals surface area contributed by atoms with Gasteiger partial charge < -0.3 is 14.0 Å². The van der Waals surface area contributed by atoms with Gasteiger partial charge in [-0.15, -0.1) is 10.2 Å². The summed E-state index contributed by atoms with van der Waals surface area (Å²) in [5.41, 5.74) is 1.81. The topological polar surface area (TPSA) is 100 Å². The fraction of sp³-hybridized carbons (Fsp3) is 0.118. The van der Waals surface area contributed by atoms with Crippen molar-refractivity contribution in [3.05, 3.63) is 64.7 Å². The molecule has 2 N–H and O–H groups in total. The molecule has 0 atom stereocenters. The van der Waals surface area contributed by atoms with E-state index in [2.05, 4.69) is 15.0 Å². The fourth-order valence-corrected chi connectivity index (χ4v) is 2.45. The van der Waals surface area contributed by atoms with Gasteiger partial charge in [-0.1, -0.05) is 17.7 Å². The van der Waals surface area contributed by atoms with Gasteiger partial charge in [-0.3, -0.25) is 0 Å². The summed E-state index contributed by atoms with van der Waals surface area (Å²) in [5, 5.41) is 8.63. The summed E-state index contributed by atoms with van der Waals surface area (Å²) in [6, 6.07) is 6.47. The van der Waals surface area contributed by atoms with E-state index in [0.717, 1.165) is 5.57 Å². The Bertz CT molecular complexity index is 882. The van der Waals surface area contributed by atoms with Crippen LogP contribution in [0.15, 0.2) is 57.7 Å². The van der Waals surface area contributed by atoms with Crippen LogP contribution in [0.25, 0.3) is 17.0 Å². The Kier molecular flexibility index (Phi) is 4.97. The summed E-state index contributed by atoms with van der Waals surface area (Å²) >= 11 is 6.11. The maximum absolute atomic E-state index is 11.3. The zero-order valence-corrected chi connectivity index (χ0v) is 14.0. The van der Waals surface area contributed by atoms with Gasteiger partial charge in [0.2, 0.25) is 11.8 Å². The number of halogens is 1. The molecule has 0 aliphatic heterocycles. The normalized spacial score (nSPS) is 14.1. The zero-order valence-electron chi connectivity index (χ0n) is 13.2. The van der Waals surface area contributed by atoms with Crippen molar-refractivity contribution in [3.8, 4) is 11.5 Å². The molecule has 0 radical (unpaired) electrons. The minimum absolute atomic E-state index is 0.328. The van der Waals surface area contributed by atoms with Gasteiger partial charge in [-0.25, -0.2) is 4.79 Å². The summed E-state index contributed by atoms with van der Waals surface area (Å²) in [6.07, 6.45) is 5.92. The second-order valence-corrected chi connectivity index (χ2v) is 5.49. The second-order valence-electron chi connectivity index (χ2n) is 5.08. The third-order valence-corrected chi connectivity index (χ3v) is 3.91. The van der Waals surface area contributed by atoms with E-state index in [0.29, 0.717) is 40.1 Å². The number of carbonyl (C=O) groups excluding carboxylic acids is 1. The van der Waals surface area contributed by atoms with E-state index in [4.69, 9.17) is 26.7 Å². The van der Waals surface area contributed by atoms with Crippen LogP contribution in [0, 0.1) is 0 Å². The Balaban J connectivity index is 1.84. The van der Waals surface area contributed by atoms with E-state index in [-0.39, 0.29) is 0 Å². The maximum atomic E-state index is 11.3. The first-order chi connectivity index (χ1) is 12.1. The van der Waals surface area contributed by atoms with E-state index >= 15 is 0 Å². The lowest BCUT2D eigenvalue weighted by molar-refractivity contribution is 0.0503. The Morgan fingerprint density at radius 3 is 2.60 bits per heavy atom. The number of hydrogen-bond donors (Lipinski definition) is 1. The molecule has 0 spiro atoms. The number of allylic oxidation sites excluding steroid dienone is 5. The van der Waals surface area contributed by atoms with Gasteiger partial charge in [-0.2, -0.15) is 5.90 Å². The molecule has 1 aromatic heterocycles. The summed E-state index contributed by atoms with van der Waals surface area (Å²) in [5.74, 6) is 5.52. The lowest BCUT2D eigenvalue weighted by Crippen LogP contribution is -2.09. The molecule has 0 amide bonds. The molecule has 1 aromatic carbocycles. The Hall–Kier alpha value is -2.90. The van der Waals surface area contributed by atoms with Gasteiger partial charge >= 0.3 is 5.97 Å². The minimum Gasteiger partial charge on any atom is -0.495 e. The maximum Gasteiger partial charge on any atom is 0.356 e. The van der Waals surface area contributed by atoms with Crippen LogP contribution in [0.2, 0.25) is 0 Å². The molecule has 3 rings (SSSR count). The molecule has 7 nitrogen and oxygen atoms in total. The fourth-order valence-electron chi connectivity index (χ4n) is 2.23. The number of nitrogens with zero attached hydrogens (tertiary/aromatic N) is 2. The molecular formula is C17H14ClN3O4. The van der Waals surface area contributed by atoms with Gasteiger partial charge in [0.15, 0.2) is 0 Å². The molecule has 1 heterocycles. The van der Waals surface area contributed by atoms with Crippen LogP contribution >= 0.6 is 11.6 Å². The van der Waals surface area contributed by atoms with Gasteiger partial charge in [-0.05, 0) is 42.8 Å². The van der Waals surface area contributed by atoms with Gasteiger partial charge in [0.05, 0.1) is 17.7 Å². The van der Waals surface area contributed by atoms with E-state index in [1.54, 1.807) is 37.5 Å². The highest BCUT2D eigenvalue weighted by atomic mass is 35.5. The number of hydrogen-bond acceptors (Lipinski definition) is 7. The van der Waals surface area contributed by atoms with Crippen LogP contribution in [0.3, 0.4) is 0 Å². The monoisotopic (exact) mass is 359 g/mol. The first-order valence-corrected chi connectivity index (χ1v) is 7.66. The van der Waals surface area contributed by atoms with Crippen LogP contribution in [0.5, 0.6) is 0 Å². The van der Waals surface area contributed by atoms with Crippen molar-refractivity contribution in [2.75, 3.05) is 7.11 Å². The quantitative estimate of drug-likeness (QED) is 0.836. The molecule has 0 saturated carbocycles. The van der Waals surface area contributed by atoms with Gasteiger partial charge in [0.25, 0.3) is 0 Å². The SMILES string of the molecule is COC1=CC=C(c2nnc(-c3ccc(C(=O)ON)cc3)o2)CC=C1Cl. The number of nitrogens with two attached hydrogens (primary N) is 1. The lowest BCUT2D eigenvalue weighted by Gasteiger charge is -2.00. The highest BCUT2D eigenvalue weighted by Crippen LogP contribution is 2.28. The third-order valence-electron chi connectivity index (χ3n) is 3.57. The lowest BCUT2D eigenvalue weighted by atomic mass is 10.1. The molecule has 8 heteroatoms. The van der Waals surface area contributed by atoms with Gasteiger partial charge in [0.1, 0.15) is 5.76 Å². The molecule has 128 valence electrons. The Morgan fingerprint density at radius 2 is 1.92 bits per heavy atom. The highest BCUT2D eigenvalue weighted by molar-refractivity contribution is 6.31. The summed E-state index contributed by atoms with van der Waals surface area (Å²) in [6.45, 7) is 0. The van der Waals surface area contributed by atoms with E-state index in [9.17, 15) is 4.79 Å². The van der Waals surface area contributed by atoms with Crippen LogP contribution in [0.1, 0.15) is 22.7 Å². The van der Waals surface area contributed by atoms with Crippen LogP contribution in [-0.4, -0.2) is 23.3 Å². The van der Waals surface area contributed by atoms with Crippen LogP contribution in [0.4, 0.5) is 0 Å². The number of carbonyl (C=O) groups is 1. The van der Waals surface area contributed by atoms with Crippen molar-refractivity contribution in [2.45, 2.75) is 6.42 Å². The Labute approximate surface area is 148 Å². The molecular weight excluding hydrogens is 346 g/mol. The van der Waals surface area contributed by atoms with Crippen molar-refractivity contribution in [1.82, 2.24) is 10.2 Å². The predicted molar refractivity (Wildman–Crippen MR) is 91.0 cm³/mol. The molecule has 0 bridgehead atoms. The molecule has 0 fully saturated rings. The van der Waals surface area contributed by atoms with Crippen molar-refractivity contribution in [3.63, 3.8) is 0 Å². The molecule has 0 saturated heterocycles. The molecule has 25 heavy (non-hydrogen) atoms. The number of rotatable bonds is 4. The van der Waals surface area contributed by atoms with Crippen molar-refractivity contribution < 1.29 is 18.8 Å². The number of ether oxygens (including phenoxy) is 1. The van der Waals surface area contributed by atoms with Crippen molar-refractivity contribution in [1.29, 1.82) is 0 Å². The second kappa shape index (κ2) is 7.33. The van der Waals surface area contributed by atoms with Crippen LogP contribution < -0.4 is 5.90 Å². The summed E-state index contributed by atoms with van der Waals surface area (Å²) < 4.78 is 10.9. The largest absolute Gasteiger partial charge is 0.495 e. The van der Waals surface area contributed by atoms with Crippen LogP contribution in [-0.2, 0) is 9.57 Å². The van der Waals surface area contributed by atoms with E-state index < -0.39 is 5.97 Å². The zero-order chi connectivity index (χ0) is 17.8. The predicted octanol–water partition coefficient (Wildman–Crippen LogP) is 3.21. The molecule has 2 aromatic rings. The summed E-state index contributed by atoms with van der Waals surface area (Å²) in [4.78, 5) is 15.5. The highest BCUT2D eigenvalue weighted by Gasteiger charge is 2.15. The molecule has 0 unspecified atom stereocenters. The average Bonchev–Trinajstić information content (AvgIpc) is 3.06. The Morgan fingerprint density at radius 1 is 1.20 bits per heavy atom. The number of benzene rings is 1. The minimum atomic E-state index is -0.620. The number of aromatic nitrogens is 2. The smallest absolute Gasteiger partial charge is 0.356 e.